The first-order chi connectivity index (χ1) is 8.30. The van der Waals surface area contributed by atoms with Crippen LogP contribution >= 0.6 is 0 Å². The van der Waals surface area contributed by atoms with E-state index in [9.17, 15) is 0 Å². The highest BCUT2D eigenvalue weighted by atomic mass is 14.9. The van der Waals surface area contributed by atoms with Crippen LogP contribution in [-0.2, 0) is 0 Å². The van der Waals surface area contributed by atoms with Gasteiger partial charge in [-0.05, 0) is 55.4 Å². The standard InChI is InChI=1S/C17H35N/c1-13(2)7-8-15-11-17(5,6)10-9-16(15)12-18-14(3)4/h13-16,18H,7-12H2,1-6H3. The zero-order valence-corrected chi connectivity index (χ0v) is 13.6. The lowest BCUT2D eigenvalue weighted by molar-refractivity contribution is 0.104. The van der Waals surface area contributed by atoms with Gasteiger partial charge in [0, 0.05) is 6.04 Å². The average molecular weight is 253 g/mol. The monoisotopic (exact) mass is 253 g/mol. The van der Waals surface area contributed by atoms with Crippen molar-refractivity contribution in [3.05, 3.63) is 0 Å². The zero-order valence-electron chi connectivity index (χ0n) is 13.6. The topological polar surface area (TPSA) is 12.0 Å². The van der Waals surface area contributed by atoms with Gasteiger partial charge in [0.2, 0.25) is 0 Å². The van der Waals surface area contributed by atoms with Gasteiger partial charge in [0.15, 0.2) is 0 Å². The third-order valence-corrected chi connectivity index (χ3v) is 4.58. The quantitative estimate of drug-likeness (QED) is 0.712. The van der Waals surface area contributed by atoms with Crippen LogP contribution in [0, 0.1) is 23.2 Å². The molecule has 0 amide bonds. The molecule has 1 fully saturated rings. The second-order valence-electron chi connectivity index (χ2n) is 7.96. The molecule has 18 heavy (non-hydrogen) atoms. The maximum Gasteiger partial charge on any atom is 0.00104 e. The number of hydrogen-bond acceptors (Lipinski definition) is 1. The van der Waals surface area contributed by atoms with E-state index in [1.54, 1.807) is 0 Å². The van der Waals surface area contributed by atoms with Crippen molar-refractivity contribution in [3.63, 3.8) is 0 Å². The molecule has 2 atom stereocenters. The predicted octanol–water partition coefficient (Wildman–Crippen LogP) is 4.86. The zero-order chi connectivity index (χ0) is 13.8. The van der Waals surface area contributed by atoms with Gasteiger partial charge in [-0.25, -0.2) is 0 Å². The van der Waals surface area contributed by atoms with Crippen molar-refractivity contribution in [2.75, 3.05) is 6.54 Å². The molecule has 1 N–H and O–H groups in total. The van der Waals surface area contributed by atoms with E-state index < -0.39 is 0 Å². The Morgan fingerprint density at radius 3 is 2.33 bits per heavy atom. The Hall–Kier alpha value is -0.0400. The van der Waals surface area contributed by atoms with Gasteiger partial charge in [0.25, 0.3) is 0 Å². The Morgan fingerprint density at radius 1 is 1.11 bits per heavy atom. The van der Waals surface area contributed by atoms with Crippen molar-refractivity contribution in [1.82, 2.24) is 5.32 Å². The molecule has 0 aromatic rings. The molecular weight excluding hydrogens is 218 g/mol. The molecule has 108 valence electrons. The third kappa shape index (κ3) is 5.73. The number of nitrogens with one attached hydrogen (secondary N) is 1. The minimum absolute atomic E-state index is 0.579. The van der Waals surface area contributed by atoms with Crippen LogP contribution in [0.1, 0.15) is 73.6 Å². The SMILES string of the molecule is CC(C)CCC1CC(C)(C)CCC1CNC(C)C. The summed E-state index contributed by atoms with van der Waals surface area (Å²) in [4.78, 5) is 0. The van der Waals surface area contributed by atoms with Crippen molar-refractivity contribution < 1.29 is 0 Å². The van der Waals surface area contributed by atoms with Crippen LogP contribution in [-0.4, -0.2) is 12.6 Å². The Morgan fingerprint density at radius 2 is 1.78 bits per heavy atom. The van der Waals surface area contributed by atoms with E-state index in [1.807, 2.05) is 0 Å². The fraction of sp³-hybridized carbons (Fsp3) is 1.00. The van der Waals surface area contributed by atoms with Crippen molar-refractivity contribution in [1.29, 1.82) is 0 Å². The summed E-state index contributed by atoms with van der Waals surface area (Å²) in [5.74, 6) is 2.72. The van der Waals surface area contributed by atoms with Crippen LogP contribution in [0.5, 0.6) is 0 Å². The van der Waals surface area contributed by atoms with Gasteiger partial charge in [-0.3, -0.25) is 0 Å². The molecule has 0 spiro atoms. The average Bonchev–Trinajstić information content (AvgIpc) is 2.23. The summed E-state index contributed by atoms with van der Waals surface area (Å²) in [5, 5.41) is 3.66. The largest absolute Gasteiger partial charge is 0.314 e. The molecule has 0 saturated heterocycles. The molecule has 0 aromatic heterocycles. The summed E-state index contributed by atoms with van der Waals surface area (Å²) in [6.07, 6.45) is 7.11. The molecule has 1 aliphatic rings. The molecule has 0 heterocycles. The molecule has 0 aromatic carbocycles. The lowest BCUT2D eigenvalue weighted by atomic mass is 9.65. The molecule has 1 heteroatoms. The van der Waals surface area contributed by atoms with E-state index >= 15 is 0 Å². The minimum atomic E-state index is 0.579. The molecule has 1 rings (SSSR count). The van der Waals surface area contributed by atoms with Crippen molar-refractivity contribution >= 4 is 0 Å². The Kier molecular flexibility index (Phi) is 6.17. The molecule has 0 radical (unpaired) electrons. The van der Waals surface area contributed by atoms with E-state index in [0.29, 0.717) is 11.5 Å². The van der Waals surface area contributed by atoms with Gasteiger partial charge >= 0.3 is 0 Å². The highest BCUT2D eigenvalue weighted by Gasteiger charge is 2.34. The Bertz CT molecular complexity index is 228. The van der Waals surface area contributed by atoms with Crippen LogP contribution in [0.4, 0.5) is 0 Å². The van der Waals surface area contributed by atoms with Crippen LogP contribution in [0.3, 0.4) is 0 Å². The van der Waals surface area contributed by atoms with Crippen LogP contribution in [0.2, 0.25) is 0 Å². The van der Waals surface area contributed by atoms with Crippen LogP contribution in [0.15, 0.2) is 0 Å². The maximum absolute atomic E-state index is 3.66. The molecule has 2 unspecified atom stereocenters. The van der Waals surface area contributed by atoms with Gasteiger partial charge in [-0.2, -0.15) is 0 Å². The summed E-state index contributed by atoms with van der Waals surface area (Å²) in [5.41, 5.74) is 0.579. The van der Waals surface area contributed by atoms with Gasteiger partial charge in [0.1, 0.15) is 0 Å². The highest BCUT2D eigenvalue weighted by Crippen LogP contribution is 2.43. The van der Waals surface area contributed by atoms with E-state index in [4.69, 9.17) is 0 Å². The summed E-state index contributed by atoms with van der Waals surface area (Å²) in [7, 11) is 0. The number of rotatable bonds is 6. The predicted molar refractivity (Wildman–Crippen MR) is 81.8 cm³/mol. The molecular formula is C17H35N. The number of hydrogen-bond donors (Lipinski definition) is 1. The first-order valence-corrected chi connectivity index (χ1v) is 8.03. The molecule has 0 bridgehead atoms. The van der Waals surface area contributed by atoms with Crippen molar-refractivity contribution in [2.45, 2.75) is 79.7 Å². The molecule has 1 nitrogen and oxygen atoms in total. The van der Waals surface area contributed by atoms with E-state index in [1.165, 1.54) is 38.6 Å². The molecule has 1 saturated carbocycles. The van der Waals surface area contributed by atoms with E-state index in [2.05, 4.69) is 46.9 Å². The normalized spacial score (nSPS) is 28.0. The Labute approximate surface area is 115 Å². The summed E-state index contributed by atoms with van der Waals surface area (Å²) in [6.45, 7) is 15.4. The van der Waals surface area contributed by atoms with Crippen molar-refractivity contribution in [2.24, 2.45) is 23.2 Å². The maximum atomic E-state index is 3.66. The summed E-state index contributed by atoms with van der Waals surface area (Å²) < 4.78 is 0. The Balaban J connectivity index is 2.51. The minimum Gasteiger partial charge on any atom is -0.314 e. The van der Waals surface area contributed by atoms with Gasteiger partial charge in [0.05, 0.1) is 0 Å². The summed E-state index contributed by atoms with van der Waals surface area (Å²) >= 11 is 0. The van der Waals surface area contributed by atoms with E-state index in [0.717, 1.165) is 17.8 Å². The highest BCUT2D eigenvalue weighted by molar-refractivity contribution is 4.86. The first-order valence-electron chi connectivity index (χ1n) is 8.03. The summed E-state index contributed by atoms with van der Waals surface area (Å²) in [6, 6.07) is 0.630. The molecule has 0 aliphatic heterocycles. The van der Waals surface area contributed by atoms with Gasteiger partial charge in [-0.15, -0.1) is 0 Å². The van der Waals surface area contributed by atoms with Crippen LogP contribution < -0.4 is 5.32 Å². The second kappa shape index (κ2) is 6.93. The van der Waals surface area contributed by atoms with E-state index in [-0.39, 0.29) is 0 Å². The van der Waals surface area contributed by atoms with Crippen molar-refractivity contribution in [3.8, 4) is 0 Å². The fourth-order valence-electron chi connectivity index (χ4n) is 3.33. The first kappa shape index (κ1) is 16.0. The van der Waals surface area contributed by atoms with Gasteiger partial charge in [-0.1, -0.05) is 48.0 Å². The second-order valence-corrected chi connectivity index (χ2v) is 7.96. The lowest BCUT2D eigenvalue weighted by Gasteiger charge is -2.41. The van der Waals surface area contributed by atoms with Crippen LogP contribution in [0.25, 0.3) is 0 Å². The third-order valence-electron chi connectivity index (χ3n) is 4.58. The fourth-order valence-corrected chi connectivity index (χ4v) is 3.33. The lowest BCUT2D eigenvalue weighted by Crippen LogP contribution is -2.38. The smallest absolute Gasteiger partial charge is 0.00104 e. The van der Waals surface area contributed by atoms with Gasteiger partial charge < -0.3 is 5.32 Å². The molecule has 1 aliphatic carbocycles.